The topological polar surface area (TPSA) is 43.8 Å². The van der Waals surface area contributed by atoms with E-state index in [1.807, 2.05) is 17.7 Å². The summed E-state index contributed by atoms with van der Waals surface area (Å²) >= 11 is 0. The van der Waals surface area contributed by atoms with Gasteiger partial charge in [-0.25, -0.2) is 9.37 Å². The molecular formula is C12H16FN3. The highest BCUT2D eigenvalue weighted by atomic mass is 19.1. The minimum absolute atomic E-state index is 0.252. The van der Waals surface area contributed by atoms with Gasteiger partial charge in [-0.15, -0.1) is 0 Å². The second-order valence-corrected chi connectivity index (χ2v) is 4.11. The van der Waals surface area contributed by atoms with E-state index in [9.17, 15) is 4.39 Å². The van der Waals surface area contributed by atoms with Gasteiger partial charge in [-0.2, -0.15) is 0 Å². The predicted octanol–water partition coefficient (Wildman–Crippen LogP) is 2.16. The minimum atomic E-state index is -0.265. The number of aromatic nitrogens is 2. The highest BCUT2D eigenvalue weighted by Crippen LogP contribution is 2.24. The van der Waals surface area contributed by atoms with E-state index in [2.05, 4.69) is 11.9 Å². The van der Waals surface area contributed by atoms with Crippen molar-refractivity contribution in [2.24, 2.45) is 12.8 Å². The largest absolute Gasteiger partial charge is 0.331 e. The number of fused-ring (bicyclic) bond motifs is 1. The fourth-order valence-electron chi connectivity index (χ4n) is 2.02. The third-order valence-electron chi connectivity index (χ3n) is 2.94. The number of nitrogens with zero attached hydrogens (tertiary/aromatic N) is 2. The van der Waals surface area contributed by atoms with Crippen molar-refractivity contribution in [1.29, 1.82) is 0 Å². The van der Waals surface area contributed by atoms with Crippen LogP contribution in [0.2, 0.25) is 0 Å². The van der Waals surface area contributed by atoms with Gasteiger partial charge in [0.15, 0.2) is 5.82 Å². The Hall–Kier alpha value is -1.42. The molecule has 0 fully saturated rings. The van der Waals surface area contributed by atoms with E-state index < -0.39 is 0 Å². The monoisotopic (exact) mass is 221 g/mol. The molecule has 16 heavy (non-hydrogen) atoms. The normalized spacial score (nSPS) is 13.2. The molecule has 3 nitrogen and oxygen atoms in total. The molecule has 1 heterocycles. The number of aryl methyl sites for hydroxylation is 1. The van der Waals surface area contributed by atoms with Crippen LogP contribution in [0.5, 0.6) is 0 Å². The lowest BCUT2D eigenvalue weighted by molar-refractivity contribution is 0.620. The third kappa shape index (κ3) is 1.69. The summed E-state index contributed by atoms with van der Waals surface area (Å²) < 4.78 is 15.5. The molecule has 0 saturated carbocycles. The average Bonchev–Trinajstić information content (AvgIpc) is 2.59. The standard InChI is InChI=1S/C12H16FN3/c1-8(6-7-14)12-15-11-9(13)4-3-5-10(11)16(12)2/h3-5,8H,6-7,14H2,1-2H3. The lowest BCUT2D eigenvalue weighted by Crippen LogP contribution is -2.08. The molecular weight excluding hydrogens is 205 g/mol. The van der Waals surface area contributed by atoms with Crippen molar-refractivity contribution in [3.8, 4) is 0 Å². The Morgan fingerprint density at radius 3 is 2.88 bits per heavy atom. The molecule has 1 unspecified atom stereocenters. The second-order valence-electron chi connectivity index (χ2n) is 4.11. The van der Waals surface area contributed by atoms with E-state index >= 15 is 0 Å². The van der Waals surface area contributed by atoms with Crippen LogP contribution < -0.4 is 5.73 Å². The summed E-state index contributed by atoms with van der Waals surface area (Å²) in [4.78, 5) is 4.36. The molecule has 2 aromatic rings. The predicted molar refractivity (Wildman–Crippen MR) is 62.8 cm³/mol. The fraction of sp³-hybridized carbons (Fsp3) is 0.417. The van der Waals surface area contributed by atoms with Crippen molar-refractivity contribution in [3.63, 3.8) is 0 Å². The number of hydrogen-bond donors (Lipinski definition) is 1. The summed E-state index contributed by atoms with van der Waals surface area (Å²) in [7, 11) is 1.91. The molecule has 1 atom stereocenters. The summed E-state index contributed by atoms with van der Waals surface area (Å²) in [6.45, 7) is 2.68. The molecule has 0 aliphatic rings. The molecule has 1 aromatic heterocycles. The number of halogens is 1. The third-order valence-corrected chi connectivity index (χ3v) is 2.94. The van der Waals surface area contributed by atoms with Crippen molar-refractivity contribution in [2.45, 2.75) is 19.3 Å². The van der Waals surface area contributed by atoms with Crippen LogP contribution in [-0.2, 0) is 7.05 Å². The maximum Gasteiger partial charge on any atom is 0.151 e. The minimum Gasteiger partial charge on any atom is -0.331 e. The molecule has 4 heteroatoms. The Morgan fingerprint density at radius 1 is 1.50 bits per heavy atom. The number of benzene rings is 1. The lowest BCUT2D eigenvalue weighted by atomic mass is 10.1. The number of rotatable bonds is 3. The van der Waals surface area contributed by atoms with Crippen LogP contribution in [0.15, 0.2) is 18.2 Å². The Balaban J connectivity index is 2.55. The molecule has 0 bridgehead atoms. The smallest absolute Gasteiger partial charge is 0.151 e. The van der Waals surface area contributed by atoms with Gasteiger partial charge < -0.3 is 10.3 Å². The first-order valence-corrected chi connectivity index (χ1v) is 5.46. The molecule has 0 aliphatic carbocycles. The van der Waals surface area contributed by atoms with Crippen molar-refractivity contribution < 1.29 is 4.39 Å². The fourth-order valence-corrected chi connectivity index (χ4v) is 2.02. The molecule has 0 amide bonds. The first-order valence-electron chi connectivity index (χ1n) is 5.46. The van der Waals surface area contributed by atoms with Crippen LogP contribution in [0.4, 0.5) is 4.39 Å². The second kappa shape index (κ2) is 4.22. The maximum absolute atomic E-state index is 13.5. The number of para-hydroxylation sites is 1. The number of hydrogen-bond acceptors (Lipinski definition) is 2. The molecule has 0 saturated heterocycles. The van der Waals surface area contributed by atoms with E-state index in [4.69, 9.17) is 5.73 Å². The molecule has 2 N–H and O–H groups in total. The molecule has 0 aliphatic heterocycles. The van der Waals surface area contributed by atoms with Gasteiger partial charge in [0.2, 0.25) is 0 Å². The Morgan fingerprint density at radius 2 is 2.25 bits per heavy atom. The van der Waals surface area contributed by atoms with Crippen LogP contribution in [0.1, 0.15) is 25.1 Å². The molecule has 2 rings (SSSR count). The van der Waals surface area contributed by atoms with E-state index in [-0.39, 0.29) is 11.7 Å². The first kappa shape index (κ1) is 11.1. The zero-order chi connectivity index (χ0) is 11.7. The van der Waals surface area contributed by atoms with Crippen LogP contribution in [0.3, 0.4) is 0 Å². The van der Waals surface area contributed by atoms with Crippen LogP contribution in [0, 0.1) is 5.82 Å². The highest BCUT2D eigenvalue weighted by molar-refractivity contribution is 5.76. The van der Waals surface area contributed by atoms with Gasteiger partial charge in [-0.05, 0) is 25.1 Å². The van der Waals surface area contributed by atoms with Crippen LogP contribution in [0.25, 0.3) is 11.0 Å². The van der Waals surface area contributed by atoms with E-state index in [1.165, 1.54) is 6.07 Å². The molecule has 1 aromatic carbocycles. The van der Waals surface area contributed by atoms with Gasteiger partial charge in [-0.1, -0.05) is 13.0 Å². The number of imidazole rings is 1. The molecule has 0 spiro atoms. The van der Waals surface area contributed by atoms with Gasteiger partial charge in [0, 0.05) is 13.0 Å². The van der Waals surface area contributed by atoms with E-state index in [0.29, 0.717) is 12.1 Å². The van der Waals surface area contributed by atoms with Gasteiger partial charge >= 0.3 is 0 Å². The van der Waals surface area contributed by atoms with Crippen LogP contribution in [-0.4, -0.2) is 16.1 Å². The zero-order valence-corrected chi connectivity index (χ0v) is 9.57. The van der Waals surface area contributed by atoms with Crippen molar-refractivity contribution in [2.75, 3.05) is 6.54 Å². The van der Waals surface area contributed by atoms with Gasteiger partial charge in [0.1, 0.15) is 11.3 Å². The average molecular weight is 221 g/mol. The Bertz CT molecular complexity index is 504. The van der Waals surface area contributed by atoms with Crippen LogP contribution >= 0.6 is 0 Å². The first-order chi connectivity index (χ1) is 7.65. The Labute approximate surface area is 94.1 Å². The molecule has 0 radical (unpaired) electrons. The van der Waals surface area contributed by atoms with Gasteiger partial charge in [0.25, 0.3) is 0 Å². The summed E-state index contributed by atoms with van der Waals surface area (Å²) in [6.07, 6.45) is 0.860. The summed E-state index contributed by atoms with van der Waals surface area (Å²) in [5.41, 5.74) is 6.81. The summed E-state index contributed by atoms with van der Waals surface area (Å²) in [5.74, 6) is 0.881. The summed E-state index contributed by atoms with van der Waals surface area (Å²) in [5, 5.41) is 0. The SMILES string of the molecule is CC(CCN)c1nc2c(F)cccc2n1C. The number of nitrogens with two attached hydrogens (primary N) is 1. The van der Waals surface area contributed by atoms with E-state index in [1.54, 1.807) is 6.07 Å². The van der Waals surface area contributed by atoms with Crippen molar-refractivity contribution in [3.05, 3.63) is 29.8 Å². The van der Waals surface area contributed by atoms with Gasteiger partial charge in [0.05, 0.1) is 5.52 Å². The highest BCUT2D eigenvalue weighted by Gasteiger charge is 2.15. The molecule has 86 valence electrons. The Kier molecular flexibility index (Phi) is 2.92. The quantitative estimate of drug-likeness (QED) is 0.863. The van der Waals surface area contributed by atoms with Crippen molar-refractivity contribution in [1.82, 2.24) is 9.55 Å². The zero-order valence-electron chi connectivity index (χ0n) is 9.57. The van der Waals surface area contributed by atoms with Crippen molar-refractivity contribution >= 4 is 11.0 Å². The lowest BCUT2D eigenvalue weighted by Gasteiger charge is -2.09. The maximum atomic E-state index is 13.5. The summed E-state index contributed by atoms with van der Waals surface area (Å²) in [6, 6.07) is 5.02. The van der Waals surface area contributed by atoms with E-state index in [0.717, 1.165) is 17.8 Å². The van der Waals surface area contributed by atoms with Gasteiger partial charge in [-0.3, -0.25) is 0 Å².